The van der Waals surface area contributed by atoms with E-state index < -0.39 is 0 Å². The van der Waals surface area contributed by atoms with Crippen LogP contribution in [0.25, 0.3) is 28.5 Å². The van der Waals surface area contributed by atoms with Gasteiger partial charge in [0.15, 0.2) is 0 Å². The average molecular weight is 298 g/mol. The summed E-state index contributed by atoms with van der Waals surface area (Å²) in [5, 5.41) is 0. The molecule has 0 amide bonds. The normalized spacial score (nSPS) is 10.6. The van der Waals surface area contributed by atoms with Crippen LogP contribution in [0.2, 0.25) is 0 Å². The topological polar surface area (TPSA) is 17.0 Å². The van der Waals surface area contributed by atoms with Gasteiger partial charge in [0, 0.05) is 17.7 Å². The number of rotatable bonds is 3. The lowest BCUT2D eigenvalue weighted by Gasteiger charge is -1.95. The van der Waals surface area contributed by atoms with Gasteiger partial charge in [0.2, 0.25) is 17.6 Å². The van der Waals surface area contributed by atoms with Crippen molar-refractivity contribution >= 4 is 0 Å². The number of oxazole rings is 1. The summed E-state index contributed by atoms with van der Waals surface area (Å²) in [7, 11) is 0. The number of benzene rings is 3. The molecule has 0 saturated heterocycles. The third-order valence-corrected chi connectivity index (χ3v) is 3.79. The molecule has 0 aliphatic rings. The molecular weight excluding hydrogens is 282 g/mol. The van der Waals surface area contributed by atoms with Crippen LogP contribution in [-0.2, 0) is 0 Å². The Bertz CT molecular complexity index is 840. The Labute approximate surface area is 135 Å². The molecule has 3 aromatic carbocycles. The summed E-state index contributed by atoms with van der Waals surface area (Å²) in [6.07, 6.45) is 2.05. The Kier molecular flexibility index (Phi) is 3.49. The van der Waals surface area contributed by atoms with Crippen LogP contribution in [0.1, 0.15) is 0 Å². The summed E-state index contributed by atoms with van der Waals surface area (Å²) in [6.45, 7) is 0. The van der Waals surface area contributed by atoms with Crippen molar-refractivity contribution in [3.05, 3.63) is 97.2 Å². The average Bonchev–Trinajstić information content (AvgIpc) is 3.09. The van der Waals surface area contributed by atoms with Crippen molar-refractivity contribution in [3.63, 3.8) is 0 Å². The van der Waals surface area contributed by atoms with E-state index in [2.05, 4.69) is 41.0 Å². The lowest BCUT2D eigenvalue weighted by Crippen LogP contribution is -2.30. The van der Waals surface area contributed by atoms with Crippen molar-refractivity contribution in [2.24, 2.45) is 0 Å². The lowest BCUT2D eigenvalue weighted by molar-refractivity contribution is -0.586. The molecule has 0 saturated carbocycles. The number of hydrogen-bond acceptors (Lipinski definition) is 1. The summed E-state index contributed by atoms with van der Waals surface area (Å²) in [6, 6.07) is 30.6. The van der Waals surface area contributed by atoms with Gasteiger partial charge in [-0.2, -0.15) is 0 Å². The maximum atomic E-state index is 6.20. The molecule has 0 bridgehead atoms. The van der Waals surface area contributed by atoms with Crippen molar-refractivity contribution in [2.45, 2.75) is 0 Å². The number of hydrogen-bond donors (Lipinski definition) is 0. The van der Waals surface area contributed by atoms with E-state index in [0.29, 0.717) is 0 Å². The van der Waals surface area contributed by atoms with Gasteiger partial charge in [-0.25, -0.2) is 0 Å². The van der Waals surface area contributed by atoms with Crippen LogP contribution in [0.3, 0.4) is 0 Å². The minimum Gasteiger partial charge on any atom is -0.397 e. The van der Waals surface area contributed by atoms with Crippen molar-refractivity contribution < 1.29 is 8.98 Å². The highest BCUT2D eigenvalue weighted by Gasteiger charge is 2.23. The molecule has 0 atom stereocenters. The van der Waals surface area contributed by atoms with Crippen LogP contribution in [0.15, 0.2) is 102 Å². The number of para-hydroxylation sites is 1. The van der Waals surface area contributed by atoms with Gasteiger partial charge in [0.05, 0.1) is 5.56 Å². The lowest BCUT2D eigenvalue weighted by atomic mass is 10.2. The quantitative estimate of drug-likeness (QED) is 0.492. The predicted molar refractivity (Wildman–Crippen MR) is 91.1 cm³/mol. The van der Waals surface area contributed by atoms with E-state index in [1.165, 1.54) is 0 Å². The molecule has 1 aromatic heterocycles. The van der Waals surface area contributed by atoms with E-state index >= 15 is 0 Å². The molecular formula is C21H16NO+. The highest BCUT2D eigenvalue weighted by Crippen LogP contribution is 2.25. The summed E-state index contributed by atoms with van der Waals surface area (Å²) in [5.41, 5.74) is 3.20. The Morgan fingerprint density at radius 3 is 1.70 bits per heavy atom. The van der Waals surface area contributed by atoms with Crippen LogP contribution in [0.5, 0.6) is 0 Å². The van der Waals surface area contributed by atoms with Crippen LogP contribution in [0, 0.1) is 0 Å². The summed E-state index contributed by atoms with van der Waals surface area (Å²) < 4.78 is 8.30. The fourth-order valence-corrected chi connectivity index (χ4v) is 2.65. The zero-order valence-electron chi connectivity index (χ0n) is 12.6. The Balaban J connectivity index is 1.91. The largest absolute Gasteiger partial charge is 0.397 e. The standard InChI is InChI=1S/C21H16NO/c1-4-10-17(11-5-1)20-16-22(19-14-8-3-9-15-19)21(23-20)18-12-6-2-7-13-18/h1-16H/q+1. The van der Waals surface area contributed by atoms with Crippen LogP contribution in [0.4, 0.5) is 0 Å². The number of aromatic nitrogens is 1. The molecule has 110 valence electrons. The molecule has 23 heavy (non-hydrogen) atoms. The van der Waals surface area contributed by atoms with E-state index in [-0.39, 0.29) is 0 Å². The second-order valence-corrected chi connectivity index (χ2v) is 5.34. The van der Waals surface area contributed by atoms with Crippen molar-refractivity contribution in [2.75, 3.05) is 0 Å². The van der Waals surface area contributed by atoms with Crippen molar-refractivity contribution in [1.82, 2.24) is 0 Å². The summed E-state index contributed by atoms with van der Waals surface area (Å²) in [4.78, 5) is 0. The molecule has 2 heteroatoms. The van der Waals surface area contributed by atoms with E-state index in [1.807, 2.05) is 60.8 Å². The first-order chi connectivity index (χ1) is 11.4. The molecule has 0 radical (unpaired) electrons. The van der Waals surface area contributed by atoms with Gasteiger partial charge < -0.3 is 4.42 Å². The van der Waals surface area contributed by atoms with Crippen LogP contribution in [-0.4, -0.2) is 0 Å². The first-order valence-electron chi connectivity index (χ1n) is 7.63. The van der Waals surface area contributed by atoms with Gasteiger partial charge in [0.25, 0.3) is 0 Å². The zero-order chi connectivity index (χ0) is 15.5. The molecule has 0 unspecified atom stereocenters. The monoisotopic (exact) mass is 298 g/mol. The highest BCUT2D eigenvalue weighted by molar-refractivity contribution is 5.59. The van der Waals surface area contributed by atoms with Crippen molar-refractivity contribution in [1.29, 1.82) is 0 Å². The Morgan fingerprint density at radius 2 is 1.09 bits per heavy atom. The van der Waals surface area contributed by atoms with Gasteiger partial charge in [-0.05, 0) is 12.1 Å². The molecule has 0 aliphatic heterocycles. The van der Waals surface area contributed by atoms with Gasteiger partial charge in [0.1, 0.15) is 0 Å². The molecule has 0 spiro atoms. The maximum Gasteiger partial charge on any atom is 0.387 e. The Hall–Kier alpha value is -3.13. The summed E-state index contributed by atoms with van der Waals surface area (Å²) >= 11 is 0. The minimum atomic E-state index is 0.829. The molecule has 4 aromatic rings. The third kappa shape index (κ3) is 2.67. The minimum absolute atomic E-state index is 0.829. The molecule has 4 rings (SSSR count). The molecule has 1 heterocycles. The van der Waals surface area contributed by atoms with Gasteiger partial charge in [-0.1, -0.05) is 66.7 Å². The summed E-state index contributed by atoms with van der Waals surface area (Å²) in [5.74, 6) is 1.68. The fourth-order valence-electron chi connectivity index (χ4n) is 2.65. The molecule has 0 aliphatic carbocycles. The molecule has 2 nitrogen and oxygen atoms in total. The second kappa shape index (κ2) is 5.93. The van der Waals surface area contributed by atoms with Crippen LogP contribution >= 0.6 is 0 Å². The van der Waals surface area contributed by atoms with E-state index in [1.54, 1.807) is 0 Å². The van der Waals surface area contributed by atoms with Gasteiger partial charge in [-0.3, -0.25) is 0 Å². The zero-order valence-corrected chi connectivity index (χ0v) is 12.6. The van der Waals surface area contributed by atoms with E-state index in [9.17, 15) is 0 Å². The van der Waals surface area contributed by atoms with Crippen molar-refractivity contribution in [3.8, 4) is 28.5 Å². The van der Waals surface area contributed by atoms with Gasteiger partial charge >= 0.3 is 5.89 Å². The fraction of sp³-hybridized carbons (Fsp3) is 0. The highest BCUT2D eigenvalue weighted by atomic mass is 16.4. The third-order valence-electron chi connectivity index (χ3n) is 3.79. The van der Waals surface area contributed by atoms with Gasteiger partial charge in [-0.15, -0.1) is 4.57 Å². The Morgan fingerprint density at radius 1 is 0.565 bits per heavy atom. The first kappa shape index (κ1) is 13.5. The van der Waals surface area contributed by atoms with Crippen LogP contribution < -0.4 is 4.57 Å². The van der Waals surface area contributed by atoms with E-state index in [4.69, 9.17) is 4.42 Å². The maximum absolute atomic E-state index is 6.20. The molecule has 0 N–H and O–H groups in total. The second-order valence-electron chi connectivity index (χ2n) is 5.34. The van der Waals surface area contributed by atoms with E-state index in [0.717, 1.165) is 28.5 Å². The molecule has 0 fully saturated rings. The predicted octanol–water partition coefficient (Wildman–Crippen LogP) is 4.89. The number of nitrogens with zero attached hydrogens (tertiary/aromatic N) is 1. The first-order valence-corrected chi connectivity index (χ1v) is 7.63. The smallest absolute Gasteiger partial charge is 0.387 e. The SMILES string of the molecule is c1ccc(-c2c[n+](-c3ccccc3)c(-c3ccccc3)o2)cc1.